The lowest BCUT2D eigenvalue weighted by Crippen LogP contribution is -2.32. The molecule has 0 N–H and O–H groups in total. The van der Waals surface area contributed by atoms with E-state index in [2.05, 4.69) is 0 Å². The standard InChI is InChI=1S/C14H20N2O3/c1-5-10(3)15(6-2)13-8-7-12(11(4)17)9-14(13)16(18)19/h7-10H,5-6H2,1-4H3. The van der Waals surface area contributed by atoms with Gasteiger partial charge in [0.15, 0.2) is 5.78 Å². The van der Waals surface area contributed by atoms with Gasteiger partial charge < -0.3 is 4.90 Å². The van der Waals surface area contributed by atoms with Crippen molar-refractivity contribution in [2.45, 2.75) is 40.2 Å². The number of rotatable bonds is 6. The topological polar surface area (TPSA) is 63.5 Å². The van der Waals surface area contributed by atoms with Crippen molar-refractivity contribution in [3.05, 3.63) is 33.9 Å². The van der Waals surface area contributed by atoms with E-state index < -0.39 is 4.92 Å². The molecule has 5 nitrogen and oxygen atoms in total. The fourth-order valence-electron chi connectivity index (χ4n) is 2.07. The van der Waals surface area contributed by atoms with Gasteiger partial charge in [0, 0.05) is 24.2 Å². The maximum Gasteiger partial charge on any atom is 0.293 e. The number of carbonyl (C=O) groups is 1. The molecule has 0 radical (unpaired) electrons. The fraction of sp³-hybridized carbons (Fsp3) is 0.500. The number of nitro benzene ring substituents is 1. The van der Waals surface area contributed by atoms with Gasteiger partial charge in [-0.3, -0.25) is 14.9 Å². The Bertz CT molecular complexity index is 486. The number of Topliss-reactive ketones (excluding diaryl/α,β-unsaturated/α-hetero) is 1. The molecule has 19 heavy (non-hydrogen) atoms. The lowest BCUT2D eigenvalue weighted by Gasteiger charge is -2.29. The quantitative estimate of drug-likeness (QED) is 0.448. The first kappa shape index (κ1) is 15.1. The van der Waals surface area contributed by atoms with Gasteiger partial charge in [-0.15, -0.1) is 0 Å². The Morgan fingerprint density at radius 2 is 2.05 bits per heavy atom. The second-order valence-electron chi connectivity index (χ2n) is 4.56. The molecule has 0 amide bonds. The van der Waals surface area contributed by atoms with Crippen LogP contribution in [0.2, 0.25) is 0 Å². The maximum atomic E-state index is 11.3. The smallest absolute Gasteiger partial charge is 0.293 e. The number of benzene rings is 1. The van der Waals surface area contributed by atoms with E-state index in [4.69, 9.17) is 0 Å². The SMILES string of the molecule is CCC(C)N(CC)c1ccc(C(C)=O)cc1[N+](=O)[O-]. The highest BCUT2D eigenvalue weighted by molar-refractivity contribution is 5.95. The van der Waals surface area contributed by atoms with Crippen LogP contribution in [0.25, 0.3) is 0 Å². The monoisotopic (exact) mass is 264 g/mol. The van der Waals surface area contributed by atoms with Gasteiger partial charge in [-0.2, -0.15) is 0 Å². The van der Waals surface area contributed by atoms with Gasteiger partial charge in [-0.05, 0) is 39.3 Å². The summed E-state index contributed by atoms with van der Waals surface area (Å²) >= 11 is 0. The van der Waals surface area contributed by atoms with E-state index in [1.54, 1.807) is 12.1 Å². The van der Waals surface area contributed by atoms with Crippen molar-refractivity contribution in [1.29, 1.82) is 0 Å². The highest BCUT2D eigenvalue weighted by atomic mass is 16.6. The largest absolute Gasteiger partial charge is 0.364 e. The average Bonchev–Trinajstić information content (AvgIpc) is 2.39. The molecular formula is C14H20N2O3. The number of hydrogen-bond acceptors (Lipinski definition) is 4. The van der Waals surface area contributed by atoms with Crippen LogP contribution in [0.4, 0.5) is 11.4 Å². The van der Waals surface area contributed by atoms with Crippen molar-refractivity contribution in [2.24, 2.45) is 0 Å². The fourth-order valence-corrected chi connectivity index (χ4v) is 2.07. The van der Waals surface area contributed by atoms with E-state index in [-0.39, 0.29) is 17.5 Å². The molecule has 1 unspecified atom stereocenters. The number of ketones is 1. The normalized spacial score (nSPS) is 12.0. The molecule has 0 aliphatic carbocycles. The minimum atomic E-state index is -0.424. The highest BCUT2D eigenvalue weighted by Gasteiger charge is 2.22. The predicted octanol–water partition coefficient (Wildman–Crippen LogP) is 3.42. The summed E-state index contributed by atoms with van der Waals surface area (Å²) in [6.45, 7) is 8.14. The van der Waals surface area contributed by atoms with Crippen LogP contribution in [0.15, 0.2) is 18.2 Å². The van der Waals surface area contributed by atoms with Crippen LogP contribution in [0.1, 0.15) is 44.5 Å². The Morgan fingerprint density at radius 1 is 1.42 bits per heavy atom. The van der Waals surface area contributed by atoms with Gasteiger partial charge in [0.05, 0.1) is 4.92 Å². The maximum absolute atomic E-state index is 11.3. The van der Waals surface area contributed by atoms with Crippen LogP contribution >= 0.6 is 0 Å². The third kappa shape index (κ3) is 3.30. The van der Waals surface area contributed by atoms with Crippen molar-refractivity contribution in [3.8, 4) is 0 Å². The van der Waals surface area contributed by atoms with Gasteiger partial charge in [-0.25, -0.2) is 0 Å². The van der Waals surface area contributed by atoms with Crippen LogP contribution in [0, 0.1) is 10.1 Å². The summed E-state index contributed by atoms with van der Waals surface area (Å²) < 4.78 is 0. The van der Waals surface area contributed by atoms with Crippen LogP contribution in [-0.2, 0) is 0 Å². The van der Waals surface area contributed by atoms with Crippen molar-refractivity contribution < 1.29 is 9.72 Å². The van der Waals surface area contributed by atoms with Crippen molar-refractivity contribution in [1.82, 2.24) is 0 Å². The van der Waals surface area contributed by atoms with E-state index in [0.29, 0.717) is 17.8 Å². The van der Waals surface area contributed by atoms with E-state index in [0.717, 1.165) is 6.42 Å². The molecule has 1 aromatic rings. The van der Waals surface area contributed by atoms with Gasteiger partial charge in [-0.1, -0.05) is 6.92 Å². The number of hydrogen-bond donors (Lipinski definition) is 0. The predicted molar refractivity (Wildman–Crippen MR) is 75.9 cm³/mol. The molecule has 104 valence electrons. The second kappa shape index (κ2) is 6.31. The zero-order chi connectivity index (χ0) is 14.6. The number of nitro groups is 1. The zero-order valence-corrected chi connectivity index (χ0v) is 11.8. The van der Waals surface area contributed by atoms with Gasteiger partial charge in [0.25, 0.3) is 5.69 Å². The Morgan fingerprint density at radius 3 is 2.47 bits per heavy atom. The Balaban J connectivity index is 3.33. The number of carbonyl (C=O) groups excluding carboxylic acids is 1. The summed E-state index contributed by atoms with van der Waals surface area (Å²) in [5, 5.41) is 11.2. The highest BCUT2D eigenvalue weighted by Crippen LogP contribution is 2.31. The first-order chi connectivity index (χ1) is 8.92. The average molecular weight is 264 g/mol. The first-order valence-electron chi connectivity index (χ1n) is 6.48. The molecule has 0 aliphatic rings. The van der Waals surface area contributed by atoms with Crippen molar-refractivity contribution in [2.75, 3.05) is 11.4 Å². The van der Waals surface area contributed by atoms with E-state index >= 15 is 0 Å². The van der Waals surface area contributed by atoms with Crippen molar-refractivity contribution in [3.63, 3.8) is 0 Å². The summed E-state index contributed by atoms with van der Waals surface area (Å²) in [7, 11) is 0. The summed E-state index contributed by atoms with van der Waals surface area (Å²) in [4.78, 5) is 24.1. The molecule has 5 heteroatoms. The summed E-state index contributed by atoms with van der Waals surface area (Å²) in [6.07, 6.45) is 0.902. The molecule has 1 atom stereocenters. The van der Waals surface area contributed by atoms with E-state index in [1.165, 1.54) is 13.0 Å². The molecular weight excluding hydrogens is 244 g/mol. The van der Waals surface area contributed by atoms with Gasteiger partial charge in [0.2, 0.25) is 0 Å². The summed E-state index contributed by atoms with van der Waals surface area (Å²) in [6, 6.07) is 4.90. The van der Waals surface area contributed by atoms with E-state index in [1.807, 2.05) is 25.7 Å². The van der Waals surface area contributed by atoms with E-state index in [9.17, 15) is 14.9 Å². The Kier molecular flexibility index (Phi) is 5.03. The minimum absolute atomic E-state index is 0.00477. The Labute approximate surface area is 113 Å². The molecule has 0 saturated heterocycles. The summed E-state index contributed by atoms with van der Waals surface area (Å²) in [5.41, 5.74) is 0.942. The zero-order valence-electron chi connectivity index (χ0n) is 11.8. The minimum Gasteiger partial charge on any atom is -0.364 e. The third-order valence-corrected chi connectivity index (χ3v) is 3.35. The number of nitrogens with zero attached hydrogens (tertiary/aromatic N) is 2. The number of anilines is 1. The second-order valence-corrected chi connectivity index (χ2v) is 4.56. The molecule has 0 saturated carbocycles. The van der Waals surface area contributed by atoms with Crippen LogP contribution in [0.5, 0.6) is 0 Å². The lowest BCUT2D eigenvalue weighted by molar-refractivity contribution is -0.384. The van der Waals surface area contributed by atoms with Gasteiger partial charge >= 0.3 is 0 Å². The third-order valence-electron chi connectivity index (χ3n) is 3.35. The Hall–Kier alpha value is -1.91. The molecule has 0 aliphatic heterocycles. The van der Waals surface area contributed by atoms with Gasteiger partial charge in [0.1, 0.15) is 5.69 Å². The molecule has 0 fully saturated rings. The van der Waals surface area contributed by atoms with Crippen LogP contribution < -0.4 is 4.90 Å². The van der Waals surface area contributed by atoms with Crippen molar-refractivity contribution >= 4 is 17.2 Å². The molecule has 1 aromatic carbocycles. The van der Waals surface area contributed by atoms with Crippen LogP contribution in [-0.4, -0.2) is 23.3 Å². The molecule has 0 heterocycles. The van der Waals surface area contributed by atoms with Crippen LogP contribution in [0.3, 0.4) is 0 Å². The summed E-state index contributed by atoms with van der Waals surface area (Å²) in [5.74, 6) is -0.166. The molecule has 0 spiro atoms. The molecule has 0 bridgehead atoms. The lowest BCUT2D eigenvalue weighted by atomic mass is 10.1. The first-order valence-corrected chi connectivity index (χ1v) is 6.48. The molecule has 0 aromatic heterocycles. The molecule has 1 rings (SSSR count).